The molecule has 1 aliphatic heterocycles. The van der Waals surface area contributed by atoms with Gasteiger partial charge < -0.3 is 29.6 Å². The van der Waals surface area contributed by atoms with E-state index in [1.54, 1.807) is 18.2 Å². The minimum absolute atomic E-state index is 0.0522. The van der Waals surface area contributed by atoms with Crippen LogP contribution in [-0.4, -0.2) is 83.1 Å². The molecule has 0 aliphatic carbocycles. The molecule has 0 radical (unpaired) electrons. The van der Waals surface area contributed by atoms with Gasteiger partial charge in [0.2, 0.25) is 0 Å². The molecule has 0 bridgehead atoms. The highest BCUT2D eigenvalue weighted by Gasteiger charge is 2.43. The molecule has 3 heterocycles. The lowest BCUT2D eigenvalue weighted by atomic mass is 10.1. The summed E-state index contributed by atoms with van der Waals surface area (Å²) in [5.41, 5.74) is 0.871. The van der Waals surface area contributed by atoms with Crippen LogP contribution < -0.4 is 14.8 Å². The van der Waals surface area contributed by atoms with Crippen molar-refractivity contribution in [1.82, 2.24) is 24.8 Å². The van der Waals surface area contributed by atoms with Gasteiger partial charge in [-0.3, -0.25) is 9.78 Å². The Balaban J connectivity index is 1.51. The number of halogens is 4. The number of alkyl halides is 3. The Morgan fingerprint density at radius 1 is 1.17 bits per heavy atom. The van der Waals surface area contributed by atoms with Crippen molar-refractivity contribution in [2.75, 3.05) is 39.6 Å². The SMILES string of the molecule is COc1c(Nc2cncc(-c3cc4cccc(F)c4[nH]3)n2)ccc(C(=O)N(C)C2CCN(C)C2)c1OC(=O)C(F)(F)F. The quantitative estimate of drug-likeness (QED) is 0.181. The number of likely N-dealkylation sites (tertiary alicyclic amines) is 1. The van der Waals surface area contributed by atoms with Crippen molar-refractivity contribution in [1.29, 1.82) is 0 Å². The van der Waals surface area contributed by atoms with E-state index in [1.807, 2.05) is 11.9 Å². The topological polar surface area (TPSA) is 113 Å². The van der Waals surface area contributed by atoms with E-state index in [0.29, 0.717) is 35.3 Å². The van der Waals surface area contributed by atoms with Crippen LogP contribution in [0.15, 0.2) is 48.8 Å². The fourth-order valence-electron chi connectivity index (χ4n) is 4.82. The van der Waals surface area contributed by atoms with E-state index in [1.165, 1.54) is 42.5 Å². The predicted octanol–water partition coefficient (Wildman–Crippen LogP) is 4.76. The van der Waals surface area contributed by atoms with Gasteiger partial charge in [0, 0.05) is 25.0 Å². The molecule has 2 aromatic heterocycles. The molecule has 220 valence electrons. The lowest BCUT2D eigenvalue weighted by Crippen LogP contribution is -2.39. The molecule has 0 saturated carbocycles. The van der Waals surface area contributed by atoms with Crippen LogP contribution in [0.3, 0.4) is 0 Å². The monoisotopic (exact) mass is 586 g/mol. The summed E-state index contributed by atoms with van der Waals surface area (Å²) < 4.78 is 64.0. The third-order valence-corrected chi connectivity index (χ3v) is 6.99. The average Bonchev–Trinajstić information content (AvgIpc) is 3.59. The number of H-pyrrole nitrogens is 1. The Bertz CT molecular complexity index is 1660. The van der Waals surface area contributed by atoms with Gasteiger partial charge in [-0.1, -0.05) is 12.1 Å². The lowest BCUT2D eigenvalue weighted by molar-refractivity contribution is -0.189. The zero-order valence-electron chi connectivity index (χ0n) is 22.8. The van der Waals surface area contributed by atoms with Gasteiger partial charge in [0.25, 0.3) is 5.91 Å². The van der Waals surface area contributed by atoms with Gasteiger partial charge in [-0.15, -0.1) is 0 Å². The van der Waals surface area contributed by atoms with Crippen LogP contribution in [0.4, 0.5) is 29.1 Å². The maximum absolute atomic E-state index is 14.2. The van der Waals surface area contributed by atoms with Crippen molar-refractivity contribution in [3.63, 3.8) is 0 Å². The minimum atomic E-state index is -5.33. The van der Waals surface area contributed by atoms with Crippen LogP contribution in [0.5, 0.6) is 11.5 Å². The summed E-state index contributed by atoms with van der Waals surface area (Å²) in [4.78, 5) is 40.3. The van der Waals surface area contributed by atoms with Gasteiger partial charge in [0.1, 0.15) is 17.3 Å². The fourth-order valence-corrected chi connectivity index (χ4v) is 4.82. The number of ether oxygens (including phenoxy) is 2. The molecule has 1 amide bonds. The first-order valence-electron chi connectivity index (χ1n) is 12.8. The number of likely N-dealkylation sites (N-methyl/N-ethyl adjacent to an activating group) is 2. The molecule has 0 spiro atoms. The number of aromatic amines is 1. The van der Waals surface area contributed by atoms with Gasteiger partial charge >= 0.3 is 12.1 Å². The minimum Gasteiger partial charge on any atom is -0.491 e. The van der Waals surface area contributed by atoms with Gasteiger partial charge in [-0.05, 0) is 44.3 Å². The summed E-state index contributed by atoms with van der Waals surface area (Å²) in [6.07, 6.45) is -1.87. The number of hydrogen-bond acceptors (Lipinski definition) is 8. The summed E-state index contributed by atoms with van der Waals surface area (Å²) in [6.45, 7) is 1.33. The average molecular weight is 587 g/mol. The molecule has 1 aliphatic rings. The highest BCUT2D eigenvalue weighted by molar-refractivity contribution is 6.00. The lowest BCUT2D eigenvalue weighted by Gasteiger charge is -2.26. The Hall–Kier alpha value is -4.72. The van der Waals surface area contributed by atoms with E-state index in [-0.39, 0.29) is 28.9 Å². The molecule has 1 unspecified atom stereocenters. The number of methoxy groups -OCH3 is 1. The number of amides is 1. The van der Waals surface area contributed by atoms with Crippen molar-refractivity contribution >= 4 is 34.3 Å². The van der Waals surface area contributed by atoms with Crippen molar-refractivity contribution in [3.05, 3.63) is 60.2 Å². The van der Waals surface area contributed by atoms with Gasteiger partial charge in [-0.25, -0.2) is 14.2 Å². The molecule has 5 rings (SSSR count). The van der Waals surface area contributed by atoms with Crippen molar-refractivity contribution in [3.8, 4) is 22.9 Å². The molecule has 4 aromatic rings. The third-order valence-electron chi connectivity index (χ3n) is 6.99. The summed E-state index contributed by atoms with van der Waals surface area (Å²) >= 11 is 0. The number of nitrogens with zero attached hydrogens (tertiary/aromatic N) is 4. The van der Waals surface area contributed by atoms with E-state index in [9.17, 15) is 27.2 Å². The van der Waals surface area contributed by atoms with Crippen LogP contribution >= 0.6 is 0 Å². The maximum atomic E-state index is 14.2. The molecule has 1 saturated heterocycles. The fraction of sp³-hybridized carbons (Fsp3) is 0.286. The number of para-hydroxylation sites is 1. The van der Waals surface area contributed by atoms with E-state index in [2.05, 4.69) is 20.3 Å². The number of hydrogen-bond donors (Lipinski definition) is 2. The molecule has 1 fully saturated rings. The van der Waals surface area contributed by atoms with Crippen LogP contribution in [0, 0.1) is 5.82 Å². The van der Waals surface area contributed by atoms with Gasteiger partial charge in [0.05, 0.1) is 42.0 Å². The zero-order chi connectivity index (χ0) is 30.2. The van der Waals surface area contributed by atoms with E-state index < -0.39 is 29.6 Å². The number of benzene rings is 2. The Kier molecular flexibility index (Phi) is 7.73. The van der Waals surface area contributed by atoms with Crippen LogP contribution in [0.25, 0.3) is 22.3 Å². The maximum Gasteiger partial charge on any atom is 0.491 e. The van der Waals surface area contributed by atoms with Gasteiger partial charge in [0.15, 0.2) is 11.5 Å². The molecule has 14 heteroatoms. The molecular formula is C28H26F4N6O4. The Morgan fingerprint density at radius 2 is 1.95 bits per heavy atom. The highest BCUT2D eigenvalue weighted by Crippen LogP contribution is 2.41. The number of nitrogens with one attached hydrogen (secondary N) is 2. The smallest absolute Gasteiger partial charge is 0.491 e. The number of fused-ring (bicyclic) bond motifs is 1. The summed E-state index contributed by atoms with van der Waals surface area (Å²) in [6, 6.07) is 8.78. The number of aromatic nitrogens is 3. The number of carbonyl (C=O) groups excluding carboxylic acids is 2. The van der Waals surface area contributed by atoms with Crippen LogP contribution in [-0.2, 0) is 4.79 Å². The number of rotatable bonds is 7. The third kappa shape index (κ3) is 5.70. The second kappa shape index (κ2) is 11.3. The Morgan fingerprint density at radius 3 is 2.62 bits per heavy atom. The van der Waals surface area contributed by atoms with E-state index in [4.69, 9.17) is 9.47 Å². The van der Waals surface area contributed by atoms with Crippen molar-refractivity contribution in [2.24, 2.45) is 0 Å². The van der Waals surface area contributed by atoms with Crippen molar-refractivity contribution < 1.29 is 36.6 Å². The molecule has 1 atom stereocenters. The van der Waals surface area contributed by atoms with Crippen molar-refractivity contribution in [2.45, 2.75) is 18.6 Å². The van der Waals surface area contributed by atoms with E-state index >= 15 is 0 Å². The van der Waals surface area contributed by atoms with E-state index in [0.717, 1.165) is 13.7 Å². The second-order valence-electron chi connectivity index (χ2n) is 9.83. The summed E-state index contributed by atoms with van der Waals surface area (Å²) in [5.74, 6) is -4.46. The van der Waals surface area contributed by atoms with Crippen LogP contribution in [0.2, 0.25) is 0 Å². The highest BCUT2D eigenvalue weighted by atomic mass is 19.4. The predicted molar refractivity (Wildman–Crippen MR) is 145 cm³/mol. The zero-order valence-corrected chi connectivity index (χ0v) is 22.8. The standard InChI is InChI=1S/C28H26F4N6O4/c1-37-10-9-16(14-37)38(2)26(39)17-7-8-19(25(41-3)24(17)42-27(40)28(30,31)32)34-22-13-33-12-21(35-22)20-11-15-5-4-6-18(29)23(15)36-20/h4-8,11-13,16,36H,9-10,14H2,1-3H3,(H,34,35). The first-order chi connectivity index (χ1) is 20.0. The molecule has 42 heavy (non-hydrogen) atoms. The summed E-state index contributed by atoms with van der Waals surface area (Å²) in [7, 11) is 4.60. The number of anilines is 2. The Labute approximate surface area is 237 Å². The first kappa shape index (κ1) is 28.8. The van der Waals surface area contributed by atoms with Crippen LogP contribution in [0.1, 0.15) is 16.8 Å². The largest absolute Gasteiger partial charge is 0.491 e. The summed E-state index contributed by atoms with van der Waals surface area (Å²) in [5, 5.41) is 3.52. The molecular weight excluding hydrogens is 560 g/mol. The van der Waals surface area contributed by atoms with Gasteiger partial charge in [-0.2, -0.15) is 13.2 Å². The normalized spacial score (nSPS) is 15.5. The molecule has 2 aromatic carbocycles. The number of carbonyl (C=O) groups is 2. The second-order valence-corrected chi connectivity index (χ2v) is 9.83. The first-order valence-corrected chi connectivity index (χ1v) is 12.8. The molecule has 10 nitrogen and oxygen atoms in total. The number of esters is 1. The molecule has 2 N–H and O–H groups in total.